The average Bonchev–Trinajstić information content (AvgIpc) is 3.05. The largest absolute Gasteiger partial charge is 0.364 e. The molecule has 0 radical (unpaired) electrons. The van der Waals surface area contributed by atoms with Gasteiger partial charge in [0.15, 0.2) is 17.3 Å². The zero-order chi connectivity index (χ0) is 20.6. The zero-order valence-electron chi connectivity index (χ0n) is 13.9. The van der Waals surface area contributed by atoms with E-state index < -0.39 is 38.4 Å². The molecule has 0 spiro atoms. The first kappa shape index (κ1) is 19.3. The van der Waals surface area contributed by atoms with Crippen LogP contribution in [0.15, 0.2) is 35.4 Å². The second-order valence-corrected chi connectivity index (χ2v) is 7.14. The predicted molar refractivity (Wildman–Crippen MR) is 90.4 cm³/mol. The number of hydrogen-bond acceptors (Lipinski definition) is 6. The van der Waals surface area contributed by atoms with Crippen LogP contribution >= 0.6 is 0 Å². The van der Waals surface area contributed by atoms with Crippen LogP contribution < -0.4 is 16.2 Å². The number of benzene rings is 1. The number of carbonyl (C=O) groups is 2. The summed E-state index contributed by atoms with van der Waals surface area (Å²) in [5, 5.41) is 11.2. The minimum Gasteiger partial charge on any atom is -0.364 e. The summed E-state index contributed by atoms with van der Waals surface area (Å²) in [5.41, 5.74) is 4.48. The van der Waals surface area contributed by atoms with Crippen molar-refractivity contribution >= 4 is 27.5 Å². The van der Waals surface area contributed by atoms with Crippen LogP contribution in [0.25, 0.3) is 5.65 Å². The molecule has 0 atom stereocenters. The molecule has 13 heteroatoms. The highest BCUT2D eigenvalue weighted by atomic mass is 32.2. The Morgan fingerprint density at radius 2 is 1.89 bits per heavy atom. The molecular formula is C15H12F2N6O4S. The Morgan fingerprint density at radius 1 is 1.18 bits per heavy atom. The van der Waals surface area contributed by atoms with Crippen LogP contribution in [0.2, 0.25) is 0 Å². The van der Waals surface area contributed by atoms with Crippen LogP contribution in [0.3, 0.4) is 0 Å². The number of nitrogens with two attached hydrogens (primary N) is 2. The van der Waals surface area contributed by atoms with Crippen LogP contribution in [0, 0.1) is 11.6 Å². The molecule has 28 heavy (non-hydrogen) atoms. The third-order valence-electron chi connectivity index (χ3n) is 3.67. The Labute approximate surface area is 156 Å². The van der Waals surface area contributed by atoms with Crippen molar-refractivity contribution in [1.82, 2.24) is 19.9 Å². The molecule has 2 heterocycles. The number of nitrogens with zero attached hydrogens (tertiary/aromatic N) is 3. The maximum atomic E-state index is 13.2. The summed E-state index contributed by atoms with van der Waals surface area (Å²) in [7, 11) is -4.24. The lowest BCUT2D eigenvalue weighted by Crippen LogP contribution is -2.26. The molecule has 1 aromatic carbocycles. The molecule has 0 aliphatic carbocycles. The van der Waals surface area contributed by atoms with E-state index in [1.54, 1.807) is 0 Å². The summed E-state index contributed by atoms with van der Waals surface area (Å²) in [6.07, 6.45) is 0.868. The maximum Gasteiger partial charge on any atom is 0.270 e. The minimum atomic E-state index is -4.24. The van der Waals surface area contributed by atoms with E-state index in [1.807, 2.05) is 0 Å². The Kier molecular flexibility index (Phi) is 4.79. The summed E-state index contributed by atoms with van der Waals surface area (Å²) >= 11 is 0. The normalized spacial score (nSPS) is 11.5. The number of fused-ring (bicyclic) bond motifs is 1. The monoisotopic (exact) mass is 410 g/mol. The highest BCUT2D eigenvalue weighted by molar-refractivity contribution is 7.89. The van der Waals surface area contributed by atoms with Gasteiger partial charge in [-0.05, 0) is 17.7 Å². The highest BCUT2D eigenvalue weighted by Crippen LogP contribution is 2.16. The lowest BCUT2D eigenvalue weighted by Gasteiger charge is -2.08. The van der Waals surface area contributed by atoms with Crippen molar-refractivity contribution in [2.45, 2.75) is 11.4 Å². The molecule has 3 aromatic rings. The maximum absolute atomic E-state index is 13.2. The van der Waals surface area contributed by atoms with Crippen LogP contribution in [0.1, 0.15) is 26.5 Å². The molecule has 0 aliphatic rings. The Morgan fingerprint density at radius 3 is 2.50 bits per heavy atom. The Bertz CT molecular complexity index is 1220. The van der Waals surface area contributed by atoms with Crippen molar-refractivity contribution in [2.24, 2.45) is 10.9 Å². The molecular weight excluding hydrogens is 398 g/mol. The third kappa shape index (κ3) is 3.65. The molecule has 0 unspecified atom stereocenters. The summed E-state index contributed by atoms with van der Waals surface area (Å²) in [5.74, 6) is -3.94. The van der Waals surface area contributed by atoms with Crippen molar-refractivity contribution in [1.29, 1.82) is 0 Å². The van der Waals surface area contributed by atoms with Gasteiger partial charge in [-0.1, -0.05) is 6.07 Å². The smallest absolute Gasteiger partial charge is 0.270 e. The van der Waals surface area contributed by atoms with Gasteiger partial charge in [-0.2, -0.15) is 5.10 Å². The Hall–Kier alpha value is -3.45. The van der Waals surface area contributed by atoms with E-state index in [-0.39, 0.29) is 29.1 Å². The lowest BCUT2D eigenvalue weighted by molar-refractivity contribution is 0.0946. The molecule has 0 aliphatic heterocycles. The summed E-state index contributed by atoms with van der Waals surface area (Å²) in [6.45, 7) is -0.184. The molecule has 5 N–H and O–H groups in total. The minimum absolute atomic E-state index is 0.184. The summed E-state index contributed by atoms with van der Waals surface area (Å²) < 4.78 is 50.3. The number of aromatic nitrogens is 3. The first-order chi connectivity index (χ1) is 13.1. The number of hydrogen-bond donors (Lipinski definition) is 3. The van der Waals surface area contributed by atoms with Gasteiger partial charge in [0.05, 0.1) is 6.20 Å². The van der Waals surface area contributed by atoms with E-state index in [0.717, 1.165) is 28.9 Å². The summed E-state index contributed by atoms with van der Waals surface area (Å²) in [6, 6.07) is 4.07. The van der Waals surface area contributed by atoms with E-state index >= 15 is 0 Å². The molecule has 3 rings (SSSR count). The second kappa shape index (κ2) is 6.94. The van der Waals surface area contributed by atoms with Gasteiger partial charge in [-0.15, -0.1) is 0 Å². The lowest BCUT2D eigenvalue weighted by atomic mass is 10.2. The van der Waals surface area contributed by atoms with Crippen LogP contribution in [-0.2, 0) is 16.6 Å². The van der Waals surface area contributed by atoms with Gasteiger partial charge in [0.25, 0.3) is 11.8 Å². The van der Waals surface area contributed by atoms with Crippen LogP contribution in [0.5, 0.6) is 0 Å². The van der Waals surface area contributed by atoms with E-state index in [9.17, 15) is 26.8 Å². The van der Waals surface area contributed by atoms with Crippen molar-refractivity contribution in [3.05, 3.63) is 59.0 Å². The van der Waals surface area contributed by atoms with Gasteiger partial charge >= 0.3 is 0 Å². The zero-order valence-corrected chi connectivity index (χ0v) is 14.7. The van der Waals surface area contributed by atoms with Crippen molar-refractivity contribution in [2.75, 3.05) is 0 Å². The van der Waals surface area contributed by atoms with E-state index in [1.165, 1.54) is 6.07 Å². The number of carbonyl (C=O) groups excluding carboxylic acids is 2. The number of amides is 2. The highest BCUT2D eigenvalue weighted by Gasteiger charge is 2.22. The molecule has 0 bridgehead atoms. The van der Waals surface area contributed by atoms with Crippen molar-refractivity contribution in [3.8, 4) is 0 Å². The van der Waals surface area contributed by atoms with E-state index in [0.29, 0.717) is 0 Å². The third-order valence-corrected chi connectivity index (χ3v) is 4.57. The molecule has 2 aromatic heterocycles. The number of sulfonamides is 1. The fourth-order valence-electron chi connectivity index (χ4n) is 2.36. The predicted octanol–water partition coefficient (Wildman–Crippen LogP) is -0.316. The number of rotatable bonds is 5. The molecule has 2 amide bonds. The van der Waals surface area contributed by atoms with E-state index in [2.05, 4.69) is 15.4 Å². The molecule has 0 saturated carbocycles. The van der Waals surface area contributed by atoms with Crippen LogP contribution in [-0.4, -0.2) is 34.8 Å². The molecule has 10 nitrogen and oxygen atoms in total. The first-order valence-corrected chi connectivity index (χ1v) is 9.06. The Balaban J connectivity index is 1.98. The van der Waals surface area contributed by atoms with Gasteiger partial charge in [0, 0.05) is 12.6 Å². The second-order valence-electron chi connectivity index (χ2n) is 5.61. The SMILES string of the molecule is NC(=O)c1cc(C(=O)NCc2ccc(F)c(F)c2)nc2c(S(N)(=O)=O)cnn12. The average molecular weight is 410 g/mol. The van der Waals surface area contributed by atoms with Gasteiger partial charge in [0.2, 0.25) is 10.0 Å². The number of primary amides is 1. The fraction of sp³-hybridized carbons (Fsp3) is 0.0667. The van der Waals surface area contributed by atoms with Gasteiger partial charge in [-0.3, -0.25) is 9.59 Å². The fourth-order valence-corrected chi connectivity index (χ4v) is 2.94. The van der Waals surface area contributed by atoms with E-state index in [4.69, 9.17) is 10.9 Å². The van der Waals surface area contributed by atoms with Gasteiger partial charge in [-0.25, -0.2) is 31.8 Å². The van der Waals surface area contributed by atoms with Crippen molar-refractivity contribution < 1.29 is 26.8 Å². The van der Waals surface area contributed by atoms with Gasteiger partial charge < -0.3 is 11.1 Å². The first-order valence-electron chi connectivity index (χ1n) is 7.51. The van der Waals surface area contributed by atoms with Gasteiger partial charge in [0.1, 0.15) is 16.3 Å². The quantitative estimate of drug-likeness (QED) is 0.522. The standard InChI is InChI=1S/C15H12F2N6O4S/c16-8-2-1-7(3-9(8)17)5-20-15(25)10-4-11(13(18)24)23-14(22-10)12(6-21-23)28(19,26)27/h1-4,6H,5H2,(H2,18,24)(H,20,25)(H2,19,26,27). The molecule has 0 fully saturated rings. The molecule has 0 saturated heterocycles. The van der Waals surface area contributed by atoms with Crippen molar-refractivity contribution in [3.63, 3.8) is 0 Å². The number of primary sulfonamides is 1. The summed E-state index contributed by atoms with van der Waals surface area (Å²) in [4.78, 5) is 27.4. The molecule has 146 valence electrons. The topological polar surface area (TPSA) is 163 Å². The number of nitrogens with one attached hydrogen (secondary N) is 1. The van der Waals surface area contributed by atoms with Crippen LogP contribution in [0.4, 0.5) is 8.78 Å². The number of halogens is 2.